The predicted molar refractivity (Wildman–Crippen MR) is 77.2 cm³/mol. The molecule has 2 fully saturated rings. The minimum absolute atomic E-state index is 0.0425. The van der Waals surface area contributed by atoms with Gasteiger partial charge in [-0.1, -0.05) is 30.3 Å². The lowest BCUT2D eigenvalue weighted by molar-refractivity contribution is 0.201. The number of benzene rings is 1. The molecule has 0 heterocycles. The van der Waals surface area contributed by atoms with Gasteiger partial charge in [-0.05, 0) is 37.2 Å². The SMILES string of the molecule is O=C(NCC1(CO)CC1)NC(c1ccccc1)C1CC1. The highest BCUT2D eigenvalue weighted by atomic mass is 16.3. The standard InChI is InChI=1S/C16H22N2O2/c19-11-16(8-9-16)10-17-15(20)18-14(13-6-7-13)12-4-2-1-3-5-12/h1-5,13-14,19H,6-11H2,(H2,17,18,20). The van der Waals surface area contributed by atoms with Crippen LogP contribution in [0.1, 0.15) is 37.3 Å². The second kappa shape index (κ2) is 5.44. The van der Waals surface area contributed by atoms with Gasteiger partial charge in [-0.25, -0.2) is 4.79 Å². The average molecular weight is 274 g/mol. The van der Waals surface area contributed by atoms with E-state index in [0.29, 0.717) is 12.5 Å². The summed E-state index contributed by atoms with van der Waals surface area (Å²) in [6.45, 7) is 0.736. The Bertz CT molecular complexity index is 467. The second-order valence-corrected chi connectivity index (χ2v) is 6.21. The molecular formula is C16H22N2O2. The highest BCUT2D eigenvalue weighted by Gasteiger charge is 2.42. The zero-order valence-corrected chi connectivity index (χ0v) is 11.6. The Labute approximate surface area is 119 Å². The van der Waals surface area contributed by atoms with E-state index < -0.39 is 0 Å². The van der Waals surface area contributed by atoms with E-state index in [9.17, 15) is 9.90 Å². The average Bonchev–Trinajstić information content (AvgIpc) is 3.38. The molecular weight excluding hydrogens is 252 g/mol. The van der Waals surface area contributed by atoms with E-state index in [1.165, 1.54) is 18.4 Å². The summed E-state index contributed by atoms with van der Waals surface area (Å²) in [5, 5.41) is 15.3. The normalized spacial score (nSPS) is 21.1. The maximum atomic E-state index is 12.0. The van der Waals surface area contributed by atoms with E-state index in [1.807, 2.05) is 18.2 Å². The Balaban J connectivity index is 1.55. The van der Waals surface area contributed by atoms with Gasteiger partial charge in [0.25, 0.3) is 0 Å². The first-order valence-electron chi connectivity index (χ1n) is 7.43. The number of nitrogens with one attached hydrogen (secondary N) is 2. The summed E-state index contributed by atoms with van der Waals surface area (Å²) in [6.07, 6.45) is 4.38. The topological polar surface area (TPSA) is 61.4 Å². The first-order valence-corrected chi connectivity index (χ1v) is 7.43. The summed E-state index contributed by atoms with van der Waals surface area (Å²) in [5.74, 6) is 0.566. The maximum absolute atomic E-state index is 12.0. The number of hydrogen-bond donors (Lipinski definition) is 3. The van der Waals surface area contributed by atoms with E-state index in [0.717, 1.165) is 12.8 Å². The van der Waals surface area contributed by atoms with Gasteiger partial charge in [0.15, 0.2) is 0 Å². The van der Waals surface area contributed by atoms with E-state index in [1.54, 1.807) is 0 Å². The largest absolute Gasteiger partial charge is 0.396 e. The first-order chi connectivity index (χ1) is 9.72. The van der Waals surface area contributed by atoms with Crippen LogP contribution in [0.25, 0.3) is 0 Å². The van der Waals surface area contributed by atoms with Crippen LogP contribution in [-0.4, -0.2) is 24.3 Å². The van der Waals surface area contributed by atoms with Crippen molar-refractivity contribution in [2.75, 3.05) is 13.2 Å². The smallest absolute Gasteiger partial charge is 0.315 e. The van der Waals surface area contributed by atoms with Gasteiger partial charge in [0.2, 0.25) is 0 Å². The third kappa shape index (κ3) is 3.12. The Morgan fingerprint density at radius 2 is 2.00 bits per heavy atom. The number of rotatable bonds is 6. The quantitative estimate of drug-likeness (QED) is 0.745. The molecule has 4 heteroatoms. The molecule has 0 radical (unpaired) electrons. The zero-order valence-electron chi connectivity index (χ0n) is 11.6. The minimum Gasteiger partial charge on any atom is -0.396 e. The molecule has 2 aliphatic carbocycles. The van der Waals surface area contributed by atoms with Gasteiger partial charge in [-0.15, -0.1) is 0 Å². The van der Waals surface area contributed by atoms with E-state index in [2.05, 4.69) is 22.8 Å². The fourth-order valence-corrected chi connectivity index (χ4v) is 2.59. The van der Waals surface area contributed by atoms with E-state index in [4.69, 9.17) is 0 Å². The van der Waals surface area contributed by atoms with Gasteiger partial charge in [0.05, 0.1) is 12.6 Å². The van der Waals surface area contributed by atoms with Crippen molar-refractivity contribution in [2.24, 2.45) is 11.3 Å². The van der Waals surface area contributed by atoms with Crippen LogP contribution in [-0.2, 0) is 0 Å². The number of amides is 2. The summed E-state index contributed by atoms with van der Waals surface area (Å²) in [5.41, 5.74) is 1.13. The summed E-state index contributed by atoms with van der Waals surface area (Å²) < 4.78 is 0. The number of carbonyl (C=O) groups is 1. The molecule has 1 aromatic rings. The van der Waals surface area contributed by atoms with Crippen molar-refractivity contribution in [3.8, 4) is 0 Å². The van der Waals surface area contributed by atoms with Crippen LogP contribution < -0.4 is 10.6 Å². The molecule has 0 bridgehead atoms. The van der Waals surface area contributed by atoms with Crippen molar-refractivity contribution in [1.82, 2.24) is 10.6 Å². The van der Waals surface area contributed by atoms with E-state index in [-0.39, 0.29) is 24.1 Å². The lowest BCUT2D eigenvalue weighted by atomic mass is 10.0. The van der Waals surface area contributed by atoms with Crippen molar-refractivity contribution in [1.29, 1.82) is 0 Å². The zero-order chi connectivity index (χ0) is 14.0. The highest BCUT2D eigenvalue weighted by molar-refractivity contribution is 5.74. The number of hydrogen-bond acceptors (Lipinski definition) is 2. The molecule has 20 heavy (non-hydrogen) atoms. The van der Waals surface area contributed by atoms with Gasteiger partial charge in [0, 0.05) is 12.0 Å². The number of carbonyl (C=O) groups excluding carboxylic acids is 1. The Kier molecular flexibility index (Phi) is 3.66. The fourth-order valence-electron chi connectivity index (χ4n) is 2.59. The molecule has 1 aromatic carbocycles. The Morgan fingerprint density at radius 1 is 1.30 bits per heavy atom. The van der Waals surface area contributed by atoms with E-state index >= 15 is 0 Å². The summed E-state index contributed by atoms with van der Waals surface area (Å²) in [6, 6.07) is 10.1. The van der Waals surface area contributed by atoms with Gasteiger partial charge in [0.1, 0.15) is 0 Å². The number of aliphatic hydroxyl groups is 1. The lowest BCUT2D eigenvalue weighted by Crippen LogP contribution is -2.41. The molecule has 3 rings (SSSR count). The van der Waals surface area contributed by atoms with Gasteiger partial charge in [-0.3, -0.25) is 0 Å². The van der Waals surface area contributed by atoms with Crippen molar-refractivity contribution >= 4 is 6.03 Å². The van der Waals surface area contributed by atoms with Crippen LogP contribution in [0.2, 0.25) is 0 Å². The number of urea groups is 1. The van der Waals surface area contributed by atoms with Crippen molar-refractivity contribution in [3.63, 3.8) is 0 Å². The summed E-state index contributed by atoms with van der Waals surface area (Å²) in [4.78, 5) is 12.0. The monoisotopic (exact) mass is 274 g/mol. The van der Waals surface area contributed by atoms with Crippen LogP contribution in [0.4, 0.5) is 4.79 Å². The van der Waals surface area contributed by atoms with Crippen LogP contribution in [0.5, 0.6) is 0 Å². The molecule has 108 valence electrons. The second-order valence-electron chi connectivity index (χ2n) is 6.21. The maximum Gasteiger partial charge on any atom is 0.315 e. The third-order valence-corrected chi connectivity index (χ3v) is 4.46. The molecule has 2 aliphatic rings. The molecule has 0 aliphatic heterocycles. The van der Waals surface area contributed by atoms with Crippen LogP contribution >= 0.6 is 0 Å². The van der Waals surface area contributed by atoms with Crippen molar-refractivity contribution in [3.05, 3.63) is 35.9 Å². The summed E-state index contributed by atoms with van der Waals surface area (Å²) in [7, 11) is 0. The fraction of sp³-hybridized carbons (Fsp3) is 0.562. The van der Waals surface area contributed by atoms with Gasteiger partial charge < -0.3 is 15.7 Å². The molecule has 1 unspecified atom stereocenters. The molecule has 2 amide bonds. The molecule has 3 N–H and O–H groups in total. The van der Waals surface area contributed by atoms with Crippen molar-refractivity contribution in [2.45, 2.75) is 31.7 Å². The molecule has 0 spiro atoms. The minimum atomic E-state index is -0.120. The lowest BCUT2D eigenvalue weighted by Gasteiger charge is -2.20. The van der Waals surface area contributed by atoms with Crippen LogP contribution in [0.3, 0.4) is 0 Å². The van der Waals surface area contributed by atoms with Crippen molar-refractivity contribution < 1.29 is 9.90 Å². The molecule has 0 aromatic heterocycles. The molecule has 4 nitrogen and oxygen atoms in total. The van der Waals surface area contributed by atoms with Gasteiger partial charge in [-0.2, -0.15) is 0 Å². The third-order valence-electron chi connectivity index (χ3n) is 4.46. The first kappa shape index (κ1) is 13.4. The van der Waals surface area contributed by atoms with Crippen LogP contribution in [0, 0.1) is 11.3 Å². The molecule has 0 saturated heterocycles. The Hall–Kier alpha value is -1.55. The summed E-state index contributed by atoms with van der Waals surface area (Å²) >= 11 is 0. The predicted octanol–water partition coefficient (Wildman–Crippen LogP) is 2.21. The van der Waals surface area contributed by atoms with Gasteiger partial charge >= 0.3 is 6.03 Å². The molecule has 2 saturated carbocycles. The van der Waals surface area contributed by atoms with Crippen LogP contribution in [0.15, 0.2) is 30.3 Å². The highest BCUT2D eigenvalue weighted by Crippen LogP contribution is 2.44. The number of aliphatic hydroxyl groups excluding tert-OH is 1. The molecule has 1 atom stereocenters. The Morgan fingerprint density at radius 3 is 2.55 bits per heavy atom.